The van der Waals surface area contributed by atoms with Crippen LogP contribution in [0.25, 0.3) is 11.1 Å². The molecule has 4 nitrogen and oxygen atoms in total. The molecule has 21 heavy (non-hydrogen) atoms. The lowest BCUT2D eigenvalue weighted by atomic mass is 10.1. The van der Waals surface area contributed by atoms with Gasteiger partial charge in [-0.15, -0.1) is 0 Å². The Balaban J connectivity index is 1.80. The molecule has 0 aliphatic carbocycles. The Hall–Kier alpha value is -2.33. The quantitative estimate of drug-likeness (QED) is 0.738. The van der Waals surface area contributed by atoms with Crippen LogP contribution in [0.1, 0.15) is 11.1 Å². The summed E-state index contributed by atoms with van der Waals surface area (Å²) in [6.07, 6.45) is 0. The summed E-state index contributed by atoms with van der Waals surface area (Å²) in [6.45, 7) is 3.36. The van der Waals surface area contributed by atoms with Gasteiger partial charge in [0.2, 0.25) is 0 Å². The number of rotatable bonds is 4. The molecule has 1 aromatic heterocycles. The summed E-state index contributed by atoms with van der Waals surface area (Å²) in [5.41, 5.74) is 3.94. The first-order valence-corrected chi connectivity index (χ1v) is 6.96. The lowest BCUT2D eigenvalue weighted by molar-refractivity contribution is 0.253. The molecular weight excluding hydrogens is 264 g/mol. The van der Waals surface area contributed by atoms with Crippen molar-refractivity contribution in [2.24, 2.45) is 0 Å². The maximum Gasteiger partial charge on any atom is 0.421 e. The van der Waals surface area contributed by atoms with Gasteiger partial charge < -0.3 is 4.42 Å². The smallest absolute Gasteiger partial charge is 0.408 e. The van der Waals surface area contributed by atoms with Crippen molar-refractivity contribution >= 4 is 11.1 Å². The number of oxazole rings is 1. The molecule has 0 aliphatic rings. The van der Waals surface area contributed by atoms with E-state index < -0.39 is 0 Å². The fourth-order valence-electron chi connectivity index (χ4n) is 2.44. The van der Waals surface area contributed by atoms with Crippen LogP contribution in [-0.2, 0) is 13.2 Å². The second-order valence-corrected chi connectivity index (χ2v) is 5.40. The van der Waals surface area contributed by atoms with Crippen LogP contribution in [-0.4, -0.2) is 16.5 Å². The van der Waals surface area contributed by atoms with Crippen LogP contribution in [0, 0.1) is 6.92 Å². The predicted octanol–water partition coefficient (Wildman–Crippen LogP) is 2.99. The fourth-order valence-corrected chi connectivity index (χ4v) is 2.44. The summed E-state index contributed by atoms with van der Waals surface area (Å²) in [5, 5.41) is 0. The van der Waals surface area contributed by atoms with Crippen molar-refractivity contribution in [1.82, 2.24) is 9.47 Å². The molecule has 0 atom stereocenters. The number of aryl methyl sites for hydroxylation is 1. The molecule has 3 rings (SSSR count). The van der Waals surface area contributed by atoms with Crippen molar-refractivity contribution in [3.63, 3.8) is 0 Å². The highest BCUT2D eigenvalue weighted by Gasteiger charge is 2.10. The molecule has 0 radical (unpaired) electrons. The third-order valence-corrected chi connectivity index (χ3v) is 3.53. The van der Waals surface area contributed by atoms with E-state index in [1.165, 1.54) is 11.1 Å². The predicted molar refractivity (Wildman–Crippen MR) is 83.1 cm³/mol. The third-order valence-electron chi connectivity index (χ3n) is 3.53. The van der Waals surface area contributed by atoms with Crippen molar-refractivity contribution in [2.75, 3.05) is 7.05 Å². The van der Waals surface area contributed by atoms with Crippen LogP contribution in [0.3, 0.4) is 0 Å². The van der Waals surface area contributed by atoms with Crippen molar-refractivity contribution in [2.45, 2.75) is 20.1 Å². The minimum atomic E-state index is -0.313. The minimum Gasteiger partial charge on any atom is -0.408 e. The Bertz CT molecular complexity index is 800. The van der Waals surface area contributed by atoms with E-state index >= 15 is 0 Å². The van der Waals surface area contributed by atoms with Gasteiger partial charge in [-0.3, -0.25) is 9.47 Å². The van der Waals surface area contributed by atoms with Gasteiger partial charge in [-0.25, -0.2) is 4.79 Å². The van der Waals surface area contributed by atoms with Crippen molar-refractivity contribution < 1.29 is 4.42 Å². The number of hydrogen-bond acceptors (Lipinski definition) is 3. The van der Waals surface area contributed by atoms with E-state index in [0.29, 0.717) is 12.3 Å². The van der Waals surface area contributed by atoms with E-state index in [1.54, 1.807) is 4.57 Å². The maximum atomic E-state index is 11.9. The van der Waals surface area contributed by atoms with Gasteiger partial charge in [-0.05, 0) is 31.7 Å². The molecule has 2 aromatic carbocycles. The fraction of sp³-hybridized carbons (Fsp3) is 0.235. The molecule has 0 bridgehead atoms. The first-order valence-electron chi connectivity index (χ1n) is 6.96. The van der Waals surface area contributed by atoms with Crippen LogP contribution in [0.5, 0.6) is 0 Å². The van der Waals surface area contributed by atoms with Gasteiger partial charge in [0.15, 0.2) is 5.58 Å². The summed E-state index contributed by atoms with van der Waals surface area (Å²) >= 11 is 0. The van der Waals surface area contributed by atoms with Gasteiger partial charge in [-0.1, -0.05) is 42.0 Å². The lowest BCUT2D eigenvalue weighted by Gasteiger charge is -2.17. The van der Waals surface area contributed by atoms with Crippen LogP contribution in [0.4, 0.5) is 0 Å². The molecule has 108 valence electrons. The van der Waals surface area contributed by atoms with Crippen molar-refractivity contribution in [3.8, 4) is 0 Å². The molecule has 0 aliphatic heterocycles. The number of para-hydroxylation sites is 2. The number of nitrogens with zero attached hydrogens (tertiary/aromatic N) is 2. The van der Waals surface area contributed by atoms with E-state index in [9.17, 15) is 4.79 Å². The Labute approximate surface area is 123 Å². The first kappa shape index (κ1) is 13.6. The Morgan fingerprint density at radius 1 is 1.10 bits per heavy atom. The Morgan fingerprint density at radius 2 is 1.81 bits per heavy atom. The second kappa shape index (κ2) is 5.58. The standard InChI is InChI=1S/C17H18N2O2/c1-13-7-9-14(10-8-13)11-18(2)12-19-15-5-3-4-6-16(15)21-17(19)20/h3-10H,11-12H2,1-2H3. The van der Waals surface area contributed by atoms with Crippen LogP contribution < -0.4 is 5.76 Å². The number of aromatic nitrogens is 1. The van der Waals surface area contributed by atoms with E-state index in [2.05, 4.69) is 36.1 Å². The van der Waals surface area contributed by atoms with E-state index in [1.807, 2.05) is 31.3 Å². The zero-order chi connectivity index (χ0) is 14.8. The molecule has 1 heterocycles. The van der Waals surface area contributed by atoms with Gasteiger partial charge in [0.1, 0.15) is 0 Å². The molecular formula is C17H18N2O2. The van der Waals surface area contributed by atoms with Crippen molar-refractivity contribution in [3.05, 3.63) is 70.2 Å². The highest BCUT2D eigenvalue weighted by atomic mass is 16.4. The molecule has 0 unspecified atom stereocenters. The Morgan fingerprint density at radius 3 is 2.57 bits per heavy atom. The number of benzene rings is 2. The van der Waals surface area contributed by atoms with Crippen LogP contribution in [0.15, 0.2) is 57.7 Å². The average Bonchev–Trinajstić information content (AvgIpc) is 2.78. The SMILES string of the molecule is Cc1ccc(CN(C)Cn2c(=O)oc3ccccc32)cc1. The summed E-state index contributed by atoms with van der Waals surface area (Å²) in [5.74, 6) is -0.313. The molecule has 4 heteroatoms. The molecule has 0 fully saturated rings. The van der Waals surface area contributed by atoms with Gasteiger partial charge in [-0.2, -0.15) is 0 Å². The normalized spacial score (nSPS) is 11.4. The highest BCUT2D eigenvalue weighted by Crippen LogP contribution is 2.13. The summed E-state index contributed by atoms with van der Waals surface area (Å²) in [4.78, 5) is 14.0. The number of fused-ring (bicyclic) bond motifs is 1. The van der Waals surface area contributed by atoms with E-state index in [0.717, 1.165) is 12.1 Å². The largest absolute Gasteiger partial charge is 0.421 e. The topological polar surface area (TPSA) is 38.4 Å². The van der Waals surface area contributed by atoms with Crippen LogP contribution in [0.2, 0.25) is 0 Å². The maximum absolute atomic E-state index is 11.9. The second-order valence-electron chi connectivity index (χ2n) is 5.40. The van der Waals surface area contributed by atoms with Gasteiger partial charge in [0.25, 0.3) is 0 Å². The molecule has 0 N–H and O–H groups in total. The van der Waals surface area contributed by atoms with Gasteiger partial charge >= 0.3 is 5.76 Å². The first-order chi connectivity index (χ1) is 10.1. The molecule has 0 saturated heterocycles. The molecule has 3 aromatic rings. The summed E-state index contributed by atoms with van der Waals surface area (Å²) in [7, 11) is 1.99. The van der Waals surface area contributed by atoms with Crippen LogP contribution >= 0.6 is 0 Å². The zero-order valence-electron chi connectivity index (χ0n) is 12.2. The van der Waals surface area contributed by atoms with Gasteiger partial charge in [0, 0.05) is 6.54 Å². The zero-order valence-corrected chi connectivity index (χ0v) is 12.2. The van der Waals surface area contributed by atoms with Gasteiger partial charge in [0.05, 0.1) is 12.2 Å². The summed E-state index contributed by atoms with van der Waals surface area (Å²) < 4.78 is 6.90. The third kappa shape index (κ3) is 2.90. The highest BCUT2D eigenvalue weighted by molar-refractivity contribution is 5.72. The van der Waals surface area contributed by atoms with Crippen molar-refractivity contribution in [1.29, 1.82) is 0 Å². The number of hydrogen-bond donors (Lipinski definition) is 0. The summed E-state index contributed by atoms with van der Waals surface area (Å²) in [6, 6.07) is 15.9. The Kier molecular flexibility index (Phi) is 3.62. The lowest BCUT2D eigenvalue weighted by Crippen LogP contribution is -2.27. The molecule has 0 amide bonds. The molecule has 0 saturated carbocycles. The molecule has 0 spiro atoms. The van der Waals surface area contributed by atoms with E-state index in [4.69, 9.17) is 4.42 Å². The monoisotopic (exact) mass is 282 g/mol. The van der Waals surface area contributed by atoms with E-state index in [-0.39, 0.29) is 5.76 Å². The minimum absolute atomic E-state index is 0.313. The average molecular weight is 282 g/mol.